The molecule has 0 amide bonds. The van der Waals surface area contributed by atoms with Crippen molar-refractivity contribution >= 4 is 11.6 Å². The first-order valence-electron chi connectivity index (χ1n) is 7.66. The van der Waals surface area contributed by atoms with Crippen molar-refractivity contribution < 1.29 is 9.66 Å². The van der Waals surface area contributed by atoms with Crippen molar-refractivity contribution in [1.82, 2.24) is 9.55 Å². The molecule has 2 heterocycles. The highest BCUT2D eigenvalue weighted by Gasteiger charge is 2.33. The van der Waals surface area contributed by atoms with Crippen LogP contribution in [0, 0.1) is 10.1 Å². The van der Waals surface area contributed by atoms with E-state index >= 15 is 0 Å². The van der Waals surface area contributed by atoms with Crippen LogP contribution in [0.3, 0.4) is 0 Å². The van der Waals surface area contributed by atoms with Crippen LogP contribution in [0.25, 0.3) is 0 Å². The lowest BCUT2D eigenvalue weighted by Crippen LogP contribution is -2.33. The Hall–Kier alpha value is -2.57. The number of benzene rings is 1. The second-order valence-electron chi connectivity index (χ2n) is 5.77. The van der Waals surface area contributed by atoms with Crippen molar-refractivity contribution in [3.63, 3.8) is 0 Å². The fraction of sp³-hybridized carbons (Fsp3) is 0.438. The topological polar surface area (TPSA) is 73.4 Å². The van der Waals surface area contributed by atoms with Gasteiger partial charge in [0.2, 0.25) is 12.1 Å². The molecule has 1 aromatic carbocycles. The molecule has 122 valence electrons. The van der Waals surface area contributed by atoms with Crippen molar-refractivity contribution in [2.75, 3.05) is 18.6 Å². The van der Waals surface area contributed by atoms with E-state index in [1.807, 2.05) is 24.3 Å². The first kappa shape index (κ1) is 15.3. The Morgan fingerprint density at radius 3 is 2.96 bits per heavy atom. The molecule has 1 saturated heterocycles. The van der Waals surface area contributed by atoms with Crippen molar-refractivity contribution in [2.45, 2.75) is 25.3 Å². The maximum Gasteiger partial charge on any atom is 0.406 e. The zero-order valence-corrected chi connectivity index (χ0v) is 13.3. The number of imidazole rings is 1. The van der Waals surface area contributed by atoms with Gasteiger partial charge in [0.25, 0.3) is 0 Å². The van der Waals surface area contributed by atoms with Crippen LogP contribution in [0.15, 0.2) is 30.6 Å². The Kier molecular flexibility index (Phi) is 4.18. The number of para-hydroxylation sites is 1. The predicted molar refractivity (Wildman–Crippen MR) is 86.9 cm³/mol. The van der Waals surface area contributed by atoms with Crippen LogP contribution in [0.4, 0.5) is 11.6 Å². The Morgan fingerprint density at radius 2 is 2.22 bits per heavy atom. The predicted octanol–water partition coefficient (Wildman–Crippen LogP) is 2.55. The van der Waals surface area contributed by atoms with Crippen LogP contribution in [-0.2, 0) is 13.5 Å². The number of nitrogens with zero attached hydrogens (tertiary/aromatic N) is 4. The van der Waals surface area contributed by atoms with Crippen LogP contribution in [0.5, 0.6) is 5.75 Å². The molecule has 1 aromatic heterocycles. The first-order valence-corrected chi connectivity index (χ1v) is 7.66. The van der Waals surface area contributed by atoms with Crippen molar-refractivity contribution in [3.05, 3.63) is 46.3 Å². The summed E-state index contributed by atoms with van der Waals surface area (Å²) in [5, 5.41) is 11.2. The van der Waals surface area contributed by atoms with Gasteiger partial charge in [-0.3, -0.25) is 4.57 Å². The van der Waals surface area contributed by atoms with E-state index in [2.05, 4.69) is 9.88 Å². The highest BCUT2D eigenvalue weighted by molar-refractivity contribution is 5.56. The van der Waals surface area contributed by atoms with Gasteiger partial charge in [0, 0.05) is 19.6 Å². The molecule has 7 nitrogen and oxygen atoms in total. The molecule has 7 heteroatoms. The average Bonchev–Trinajstić information content (AvgIpc) is 3.14. The summed E-state index contributed by atoms with van der Waals surface area (Å²) in [7, 11) is 3.46. The van der Waals surface area contributed by atoms with Gasteiger partial charge in [-0.2, -0.15) is 0 Å². The van der Waals surface area contributed by atoms with Gasteiger partial charge < -0.3 is 19.8 Å². The summed E-state index contributed by atoms with van der Waals surface area (Å²) in [6.07, 6.45) is 4.32. The van der Waals surface area contributed by atoms with Crippen LogP contribution in [0.2, 0.25) is 0 Å². The quantitative estimate of drug-likeness (QED) is 0.626. The monoisotopic (exact) mass is 316 g/mol. The average molecular weight is 316 g/mol. The van der Waals surface area contributed by atoms with Gasteiger partial charge in [-0.25, -0.2) is 0 Å². The minimum Gasteiger partial charge on any atom is -0.496 e. The van der Waals surface area contributed by atoms with Gasteiger partial charge in [-0.1, -0.05) is 18.2 Å². The highest BCUT2D eigenvalue weighted by Crippen LogP contribution is 2.34. The lowest BCUT2D eigenvalue weighted by Gasteiger charge is -2.26. The molecule has 1 aliphatic rings. The molecular formula is C16H20N4O3. The Morgan fingerprint density at radius 1 is 1.43 bits per heavy atom. The molecule has 0 radical (unpaired) electrons. The molecule has 1 unspecified atom stereocenters. The van der Waals surface area contributed by atoms with Crippen molar-refractivity contribution in [1.29, 1.82) is 0 Å². The largest absolute Gasteiger partial charge is 0.496 e. The molecule has 0 bridgehead atoms. The minimum atomic E-state index is -0.409. The van der Waals surface area contributed by atoms with Crippen LogP contribution in [0.1, 0.15) is 18.4 Å². The molecule has 23 heavy (non-hydrogen) atoms. The molecule has 1 fully saturated rings. The number of aryl methyl sites for hydroxylation is 1. The van der Waals surface area contributed by atoms with E-state index in [0.717, 1.165) is 37.1 Å². The van der Waals surface area contributed by atoms with Gasteiger partial charge in [0.1, 0.15) is 5.75 Å². The van der Waals surface area contributed by atoms with Gasteiger partial charge in [-0.05, 0) is 40.8 Å². The number of nitro groups is 1. The number of hydrogen-bond acceptors (Lipinski definition) is 5. The second kappa shape index (κ2) is 6.28. The maximum atomic E-state index is 11.2. The summed E-state index contributed by atoms with van der Waals surface area (Å²) in [5.41, 5.74) is 1.12. The molecule has 1 atom stereocenters. The van der Waals surface area contributed by atoms with Gasteiger partial charge in [0.05, 0.1) is 7.11 Å². The molecular weight excluding hydrogens is 296 g/mol. The van der Waals surface area contributed by atoms with Gasteiger partial charge >= 0.3 is 5.82 Å². The standard InChI is InChI=1S/C16H20N4O3/c1-18-11-17-15(20(21)22)16(18)19-9-5-7-13(19)10-12-6-3-4-8-14(12)23-2/h3-4,6,8,11,13H,5,7,9-10H2,1-2H3. The van der Waals surface area contributed by atoms with Gasteiger partial charge in [0.15, 0.2) is 0 Å². The molecule has 0 saturated carbocycles. The first-order chi connectivity index (χ1) is 11.1. The smallest absolute Gasteiger partial charge is 0.406 e. The van der Waals surface area contributed by atoms with E-state index in [0.29, 0.717) is 5.82 Å². The van der Waals surface area contributed by atoms with Crippen molar-refractivity contribution in [3.8, 4) is 5.75 Å². The Bertz CT molecular complexity index is 713. The molecule has 1 aliphatic heterocycles. The van der Waals surface area contributed by atoms with E-state index in [-0.39, 0.29) is 11.9 Å². The summed E-state index contributed by atoms with van der Waals surface area (Å²) in [6.45, 7) is 0.806. The molecule has 0 N–H and O–H groups in total. The number of rotatable bonds is 5. The highest BCUT2D eigenvalue weighted by atomic mass is 16.6. The van der Waals surface area contributed by atoms with Crippen LogP contribution < -0.4 is 9.64 Å². The number of hydrogen-bond donors (Lipinski definition) is 0. The zero-order valence-electron chi connectivity index (χ0n) is 13.3. The maximum absolute atomic E-state index is 11.2. The van der Waals surface area contributed by atoms with Crippen LogP contribution in [-0.4, -0.2) is 34.2 Å². The SMILES string of the molecule is COc1ccccc1CC1CCCN1c1c([N+](=O)[O-])ncn1C. The lowest BCUT2D eigenvalue weighted by molar-refractivity contribution is -0.388. The summed E-state index contributed by atoms with van der Waals surface area (Å²) >= 11 is 0. The lowest BCUT2D eigenvalue weighted by atomic mass is 10.0. The summed E-state index contributed by atoms with van der Waals surface area (Å²) in [5.74, 6) is 1.38. The normalized spacial score (nSPS) is 17.5. The van der Waals surface area contributed by atoms with Crippen molar-refractivity contribution in [2.24, 2.45) is 7.05 Å². The third-order valence-electron chi connectivity index (χ3n) is 4.36. The van der Waals surface area contributed by atoms with E-state index in [1.54, 1.807) is 18.7 Å². The molecule has 0 aliphatic carbocycles. The number of methoxy groups -OCH3 is 1. The van der Waals surface area contributed by atoms with E-state index in [1.165, 1.54) is 6.33 Å². The minimum absolute atomic E-state index is 0.0700. The fourth-order valence-corrected chi connectivity index (χ4v) is 3.32. The summed E-state index contributed by atoms with van der Waals surface area (Å²) in [6, 6.07) is 8.14. The Balaban J connectivity index is 1.89. The summed E-state index contributed by atoms with van der Waals surface area (Å²) in [4.78, 5) is 16.9. The third-order valence-corrected chi connectivity index (χ3v) is 4.36. The molecule has 2 aromatic rings. The van der Waals surface area contributed by atoms with E-state index < -0.39 is 4.92 Å². The van der Waals surface area contributed by atoms with Gasteiger partial charge in [-0.15, -0.1) is 0 Å². The zero-order chi connectivity index (χ0) is 16.4. The molecule has 0 spiro atoms. The van der Waals surface area contributed by atoms with E-state index in [9.17, 15) is 10.1 Å². The number of anilines is 1. The molecule has 3 rings (SSSR count). The Labute approximate surface area is 134 Å². The van der Waals surface area contributed by atoms with Crippen LogP contribution >= 0.6 is 0 Å². The second-order valence-corrected chi connectivity index (χ2v) is 5.77. The third kappa shape index (κ3) is 2.86. The number of ether oxygens (including phenoxy) is 1. The summed E-state index contributed by atoms with van der Waals surface area (Å²) < 4.78 is 7.16. The number of aromatic nitrogens is 2. The van der Waals surface area contributed by atoms with E-state index in [4.69, 9.17) is 4.74 Å². The fourth-order valence-electron chi connectivity index (χ4n) is 3.32.